The van der Waals surface area contributed by atoms with E-state index in [1.807, 2.05) is 0 Å². The first-order chi connectivity index (χ1) is 16.6. The van der Waals surface area contributed by atoms with Gasteiger partial charge in [0.15, 0.2) is 0 Å². The topological polar surface area (TPSA) is 16.3 Å². The molecule has 3 heterocycles. The molecule has 0 saturated heterocycles. The normalized spacial score (nSPS) is 13.9. The smallest absolute Gasteiger partial charge is 0.0990 e. The third-order valence-electron chi connectivity index (χ3n) is 8.38. The number of hydrogen-bond acceptors (Lipinski definition) is 2. The summed E-state index contributed by atoms with van der Waals surface area (Å²) in [6.45, 7) is 19.0. The maximum Gasteiger partial charge on any atom is 0.0990 e. The average molecular weight is 469 g/mol. The Bertz CT molecular complexity index is 1410. The molecule has 4 nitrogen and oxygen atoms in total. The van der Waals surface area contributed by atoms with Gasteiger partial charge in [-0.25, -0.2) is 0 Å². The van der Waals surface area contributed by atoms with Crippen molar-refractivity contribution < 1.29 is 0 Å². The SMILES string of the molecule is CCc1c(C)c2c(N3C=CN(c4c(C)cc(C)c5c4c(C)c(CC)n5C)C3)c(C)cc(C)c2n1C. The number of benzene rings is 2. The maximum absolute atomic E-state index is 2.45. The summed E-state index contributed by atoms with van der Waals surface area (Å²) in [5.41, 5.74) is 16.5. The standard InChI is InChI=1S/C31H40N4/c1-11-24-22(7)26-28(32(24)9)18(3)15-20(5)30(26)34-13-14-35(17-34)31-21(6)16-19(4)29-27(31)23(8)25(12-2)33(29)10/h13-16H,11-12,17H2,1-10H3. The van der Waals surface area contributed by atoms with E-state index in [0.717, 1.165) is 19.5 Å². The van der Waals surface area contributed by atoms with Gasteiger partial charge in [0.25, 0.3) is 0 Å². The molecule has 0 saturated carbocycles. The summed E-state index contributed by atoms with van der Waals surface area (Å²) in [4.78, 5) is 4.90. The summed E-state index contributed by atoms with van der Waals surface area (Å²) < 4.78 is 4.82. The average Bonchev–Trinajstić information content (AvgIpc) is 3.43. The minimum atomic E-state index is 0.823. The second-order valence-corrected chi connectivity index (χ2v) is 10.5. The lowest BCUT2D eigenvalue weighted by Crippen LogP contribution is -2.26. The van der Waals surface area contributed by atoms with Crippen molar-refractivity contribution in [3.05, 3.63) is 69.3 Å². The van der Waals surface area contributed by atoms with Crippen LogP contribution in [0.3, 0.4) is 0 Å². The number of rotatable bonds is 4. The van der Waals surface area contributed by atoms with E-state index < -0.39 is 0 Å². The molecule has 1 aliphatic heterocycles. The Morgan fingerprint density at radius 1 is 0.600 bits per heavy atom. The van der Waals surface area contributed by atoms with Gasteiger partial charge in [0.1, 0.15) is 0 Å². The molecule has 2 aromatic carbocycles. The largest absolute Gasteiger partial charge is 0.347 e. The second-order valence-electron chi connectivity index (χ2n) is 10.5. The maximum atomic E-state index is 2.45. The van der Waals surface area contributed by atoms with E-state index in [-0.39, 0.29) is 0 Å². The molecule has 0 aliphatic carbocycles. The molecule has 4 aromatic rings. The highest BCUT2D eigenvalue weighted by atomic mass is 15.3. The summed E-state index contributed by atoms with van der Waals surface area (Å²) in [6.07, 6.45) is 6.65. The molecule has 0 radical (unpaired) electrons. The Labute approximate surface area is 210 Å². The van der Waals surface area contributed by atoms with Gasteiger partial charge in [-0.05, 0) is 87.8 Å². The fourth-order valence-corrected chi connectivity index (χ4v) is 7.03. The lowest BCUT2D eigenvalue weighted by molar-refractivity contribution is 0.854. The number of aromatic nitrogens is 2. The van der Waals surface area contributed by atoms with E-state index >= 15 is 0 Å². The first-order valence-corrected chi connectivity index (χ1v) is 13.0. The number of aryl methyl sites for hydroxylation is 8. The molecule has 184 valence electrons. The van der Waals surface area contributed by atoms with Gasteiger partial charge in [-0.3, -0.25) is 0 Å². The predicted molar refractivity (Wildman–Crippen MR) is 152 cm³/mol. The molecule has 0 fully saturated rings. The number of nitrogens with zero attached hydrogens (tertiary/aromatic N) is 4. The van der Waals surface area contributed by atoms with Crippen LogP contribution >= 0.6 is 0 Å². The van der Waals surface area contributed by atoms with E-state index in [1.165, 1.54) is 77.9 Å². The summed E-state index contributed by atoms with van der Waals surface area (Å²) in [6, 6.07) is 4.72. The minimum Gasteiger partial charge on any atom is -0.347 e. The third-order valence-corrected chi connectivity index (χ3v) is 8.38. The molecule has 0 unspecified atom stereocenters. The molecule has 35 heavy (non-hydrogen) atoms. The number of anilines is 2. The first-order valence-electron chi connectivity index (χ1n) is 13.0. The highest BCUT2D eigenvalue weighted by molar-refractivity contribution is 6.03. The van der Waals surface area contributed by atoms with Crippen molar-refractivity contribution in [2.24, 2.45) is 14.1 Å². The Morgan fingerprint density at radius 2 is 0.971 bits per heavy atom. The Kier molecular flexibility index (Phi) is 5.54. The van der Waals surface area contributed by atoms with Crippen molar-refractivity contribution in [2.75, 3.05) is 16.5 Å². The molecular weight excluding hydrogens is 428 g/mol. The quantitative estimate of drug-likeness (QED) is 0.310. The van der Waals surface area contributed by atoms with Crippen molar-refractivity contribution in [1.29, 1.82) is 0 Å². The van der Waals surface area contributed by atoms with Gasteiger partial charge in [0.05, 0.1) is 29.1 Å². The predicted octanol–water partition coefficient (Wildman–Crippen LogP) is 7.40. The van der Waals surface area contributed by atoms with Crippen LogP contribution in [0.5, 0.6) is 0 Å². The van der Waals surface area contributed by atoms with Gasteiger partial charge in [-0.15, -0.1) is 0 Å². The van der Waals surface area contributed by atoms with Crippen molar-refractivity contribution in [3.8, 4) is 0 Å². The second kappa shape index (κ2) is 8.22. The fraction of sp³-hybridized carbons (Fsp3) is 0.419. The molecule has 2 aromatic heterocycles. The molecule has 0 amide bonds. The summed E-state index contributed by atoms with van der Waals surface area (Å²) in [5.74, 6) is 0. The Morgan fingerprint density at radius 3 is 1.31 bits per heavy atom. The molecule has 0 bridgehead atoms. The zero-order chi connectivity index (χ0) is 25.3. The fourth-order valence-electron chi connectivity index (χ4n) is 7.03. The van der Waals surface area contributed by atoms with Crippen LogP contribution in [-0.2, 0) is 26.9 Å². The van der Waals surface area contributed by atoms with Crippen molar-refractivity contribution >= 4 is 33.2 Å². The van der Waals surface area contributed by atoms with E-state index in [1.54, 1.807) is 0 Å². The van der Waals surface area contributed by atoms with Crippen molar-refractivity contribution in [2.45, 2.75) is 68.2 Å². The van der Waals surface area contributed by atoms with Crippen LogP contribution < -0.4 is 9.80 Å². The lowest BCUT2D eigenvalue weighted by Gasteiger charge is -2.26. The van der Waals surface area contributed by atoms with Crippen LogP contribution in [0.4, 0.5) is 11.4 Å². The van der Waals surface area contributed by atoms with Gasteiger partial charge in [0.2, 0.25) is 0 Å². The van der Waals surface area contributed by atoms with E-state index in [4.69, 9.17) is 0 Å². The number of fused-ring (bicyclic) bond motifs is 2. The molecule has 0 spiro atoms. The molecule has 0 atom stereocenters. The summed E-state index contributed by atoms with van der Waals surface area (Å²) in [7, 11) is 4.45. The highest BCUT2D eigenvalue weighted by Crippen LogP contribution is 2.43. The molecule has 5 rings (SSSR count). The van der Waals surface area contributed by atoms with Gasteiger partial charge in [0, 0.05) is 48.7 Å². The highest BCUT2D eigenvalue weighted by Gasteiger charge is 2.27. The van der Waals surface area contributed by atoms with Gasteiger partial charge >= 0.3 is 0 Å². The van der Waals surface area contributed by atoms with Crippen molar-refractivity contribution in [3.63, 3.8) is 0 Å². The molecule has 0 N–H and O–H groups in total. The molecule has 4 heteroatoms. The number of hydrogen-bond donors (Lipinski definition) is 0. The lowest BCUT2D eigenvalue weighted by atomic mass is 10.0. The van der Waals surface area contributed by atoms with Crippen LogP contribution in [0, 0.1) is 41.5 Å². The third kappa shape index (κ3) is 3.18. The van der Waals surface area contributed by atoms with Gasteiger partial charge < -0.3 is 18.9 Å². The van der Waals surface area contributed by atoms with Crippen LogP contribution in [0.1, 0.15) is 58.6 Å². The van der Waals surface area contributed by atoms with Gasteiger partial charge in [-0.2, -0.15) is 0 Å². The van der Waals surface area contributed by atoms with Crippen LogP contribution in [0.2, 0.25) is 0 Å². The van der Waals surface area contributed by atoms with Gasteiger partial charge in [-0.1, -0.05) is 26.0 Å². The van der Waals surface area contributed by atoms with Crippen LogP contribution in [-0.4, -0.2) is 15.8 Å². The first kappa shape index (κ1) is 23.6. The van der Waals surface area contributed by atoms with Crippen molar-refractivity contribution in [1.82, 2.24) is 9.13 Å². The molecule has 1 aliphatic rings. The summed E-state index contributed by atoms with van der Waals surface area (Å²) in [5, 5.41) is 2.81. The van der Waals surface area contributed by atoms with E-state index in [2.05, 4.69) is 113 Å². The zero-order valence-corrected chi connectivity index (χ0v) is 23.2. The Balaban J connectivity index is 1.67. The van der Waals surface area contributed by atoms with Crippen LogP contribution in [0.25, 0.3) is 21.8 Å². The van der Waals surface area contributed by atoms with Crippen LogP contribution in [0.15, 0.2) is 24.5 Å². The zero-order valence-electron chi connectivity index (χ0n) is 23.2. The van der Waals surface area contributed by atoms with E-state index in [9.17, 15) is 0 Å². The molecular formula is C31H40N4. The van der Waals surface area contributed by atoms with E-state index in [0.29, 0.717) is 0 Å². The monoisotopic (exact) mass is 468 g/mol. The summed E-state index contributed by atoms with van der Waals surface area (Å²) >= 11 is 0. The minimum absolute atomic E-state index is 0.823. The Hall–Kier alpha value is -3.14.